The first kappa shape index (κ1) is 22.0. The normalized spacial score (nSPS) is 14.9. The van der Waals surface area contributed by atoms with E-state index in [2.05, 4.69) is 53.7 Å². The van der Waals surface area contributed by atoms with Crippen molar-refractivity contribution in [3.05, 3.63) is 68.6 Å². The van der Waals surface area contributed by atoms with E-state index in [4.69, 9.17) is 23.2 Å². The van der Waals surface area contributed by atoms with Gasteiger partial charge in [-0.25, -0.2) is 0 Å². The molecule has 0 saturated carbocycles. The van der Waals surface area contributed by atoms with Crippen LogP contribution in [0.25, 0.3) is 16.3 Å². The second-order valence-electron chi connectivity index (χ2n) is 6.12. The number of thiazole rings is 1. The minimum Gasteiger partial charge on any atom is -1.00 e. The SMILES string of the molecule is CCN1C(=CC=Cc2sc3ccc(Cl)cc3[n+]2CC)Sc2ccc(Cl)cc21.[I-]. The number of halogens is 3. The van der Waals surface area contributed by atoms with Crippen molar-refractivity contribution in [1.29, 1.82) is 0 Å². The number of aromatic nitrogens is 1. The van der Waals surface area contributed by atoms with Gasteiger partial charge in [0.05, 0.1) is 10.7 Å². The minimum atomic E-state index is 0. The molecule has 0 radical (unpaired) electrons. The van der Waals surface area contributed by atoms with Crippen LogP contribution in [-0.4, -0.2) is 6.54 Å². The third kappa shape index (κ3) is 4.24. The van der Waals surface area contributed by atoms with E-state index >= 15 is 0 Å². The molecule has 2 aromatic carbocycles. The molecule has 0 bridgehead atoms. The Bertz CT molecular complexity index is 1080. The number of rotatable bonds is 4. The number of aryl methyl sites for hydroxylation is 1. The Labute approximate surface area is 200 Å². The smallest absolute Gasteiger partial charge is 0.262 e. The molecule has 0 aliphatic carbocycles. The Morgan fingerprint density at radius 3 is 2.57 bits per heavy atom. The summed E-state index contributed by atoms with van der Waals surface area (Å²) in [7, 11) is 0. The zero-order chi connectivity index (χ0) is 19.0. The molecule has 1 aromatic heterocycles. The molecule has 0 saturated heterocycles. The van der Waals surface area contributed by atoms with Gasteiger partial charge in [0, 0.05) is 33.6 Å². The molecule has 0 atom stereocenters. The van der Waals surface area contributed by atoms with Crippen LogP contribution in [0, 0.1) is 0 Å². The van der Waals surface area contributed by atoms with Crippen LogP contribution < -0.4 is 33.4 Å². The third-order valence-electron chi connectivity index (χ3n) is 4.49. The molecule has 0 unspecified atom stereocenters. The quantitative estimate of drug-likeness (QED) is 0.352. The summed E-state index contributed by atoms with van der Waals surface area (Å²) < 4.78 is 3.55. The van der Waals surface area contributed by atoms with Crippen LogP contribution in [-0.2, 0) is 6.54 Å². The average molecular weight is 561 g/mol. The van der Waals surface area contributed by atoms with Gasteiger partial charge in [-0.1, -0.05) is 52.4 Å². The minimum absolute atomic E-state index is 0. The number of hydrogen-bond donors (Lipinski definition) is 0. The van der Waals surface area contributed by atoms with E-state index in [-0.39, 0.29) is 24.0 Å². The van der Waals surface area contributed by atoms with E-state index in [9.17, 15) is 0 Å². The zero-order valence-electron chi connectivity index (χ0n) is 15.5. The Morgan fingerprint density at radius 1 is 1.07 bits per heavy atom. The molecule has 0 N–H and O–H groups in total. The predicted molar refractivity (Wildman–Crippen MR) is 120 cm³/mol. The summed E-state index contributed by atoms with van der Waals surface area (Å²) >= 11 is 15.9. The van der Waals surface area contributed by atoms with Crippen LogP contribution in [0.15, 0.2) is 58.5 Å². The summed E-state index contributed by atoms with van der Waals surface area (Å²) in [5.74, 6) is 0. The lowest BCUT2D eigenvalue weighted by Crippen LogP contribution is -3.00. The summed E-state index contributed by atoms with van der Waals surface area (Å²) in [5, 5.41) is 3.99. The van der Waals surface area contributed by atoms with Crippen LogP contribution in [0.1, 0.15) is 18.9 Å². The van der Waals surface area contributed by atoms with Crippen LogP contribution in [0.3, 0.4) is 0 Å². The van der Waals surface area contributed by atoms with Crippen LogP contribution in [0.4, 0.5) is 5.69 Å². The molecular formula is C21H19Cl2IN2S2. The molecule has 28 heavy (non-hydrogen) atoms. The zero-order valence-corrected chi connectivity index (χ0v) is 20.8. The predicted octanol–water partition coefficient (Wildman–Crippen LogP) is 4.01. The first-order valence-corrected chi connectivity index (χ1v) is 11.2. The molecule has 3 aromatic rings. The van der Waals surface area contributed by atoms with Gasteiger partial charge in [-0.15, -0.1) is 0 Å². The first-order chi connectivity index (χ1) is 13.1. The van der Waals surface area contributed by atoms with E-state index in [0.29, 0.717) is 0 Å². The van der Waals surface area contributed by atoms with Crippen LogP contribution >= 0.6 is 46.3 Å². The van der Waals surface area contributed by atoms with Gasteiger partial charge < -0.3 is 28.9 Å². The summed E-state index contributed by atoms with van der Waals surface area (Å²) in [6.45, 7) is 6.15. The largest absolute Gasteiger partial charge is 1.00 e. The number of thioether (sulfide) groups is 1. The fourth-order valence-electron chi connectivity index (χ4n) is 3.26. The Kier molecular flexibility index (Phi) is 7.37. The van der Waals surface area contributed by atoms with Gasteiger partial charge >= 0.3 is 0 Å². The molecule has 146 valence electrons. The van der Waals surface area contributed by atoms with Crippen molar-refractivity contribution in [3.8, 4) is 0 Å². The molecule has 2 nitrogen and oxygen atoms in total. The summed E-state index contributed by atoms with van der Waals surface area (Å²) in [5.41, 5.74) is 2.38. The van der Waals surface area contributed by atoms with Crippen molar-refractivity contribution in [3.63, 3.8) is 0 Å². The first-order valence-electron chi connectivity index (χ1n) is 8.86. The van der Waals surface area contributed by atoms with Crippen molar-refractivity contribution in [1.82, 2.24) is 0 Å². The van der Waals surface area contributed by atoms with E-state index < -0.39 is 0 Å². The molecule has 7 heteroatoms. The van der Waals surface area contributed by atoms with Gasteiger partial charge in [0.15, 0.2) is 0 Å². The van der Waals surface area contributed by atoms with Crippen molar-refractivity contribution in [2.75, 3.05) is 11.4 Å². The summed E-state index contributed by atoms with van der Waals surface area (Å²) in [6, 6.07) is 12.2. The molecule has 0 spiro atoms. The number of benzene rings is 2. The van der Waals surface area contributed by atoms with Gasteiger partial charge in [-0.2, -0.15) is 4.57 Å². The maximum absolute atomic E-state index is 6.18. The van der Waals surface area contributed by atoms with Crippen LogP contribution in [0.5, 0.6) is 0 Å². The number of fused-ring (bicyclic) bond motifs is 2. The molecule has 0 fully saturated rings. The lowest BCUT2D eigenvalue weighted by molar-refractivity contribution is -0.665. The maximum atomic E-state index is 6.18. The maximum Gasteiger partial charge on any atom is 0.262 e. The Balaban J connectivity index is 0.00000225. The summed E-state index contributed by atoms with van der Waals surface area (Å²) in [4.78, 5) is 3.55. The van der Waals surface area contributed by atoms with E-state index in [1.165, 1.54) is 30.8 Å². The molecule has 1 aliphatic rings. The van der Waals surface area contributed by atoms with Gasteiger partial charge in [0.2, 0.25) is 5.52 Å². The lowest BCUT2D eigenvalue weighted by atomic mass is 10.3. The Hall–Kier alpha value is -0.730. The number of anilines is 1. The topological polar surface area (TPSA) is 7.12 Å². The van der Waals surface area contributed by atoms with Crippen LogP contribution in [0.2, 0.25) is 10.0 Å². The highest BCUT2D eigenvalue weighted by atomic mass is 127. The molecule has 1 aliphatic heterocycles. The number of nitrogens with zero attached hydrogens (tertiary/aromatic N) is 2. The standard InChI is InChI=1S/C21H19Cl2N2S2.HI/c1-3-24-16-12-14(22)8-10-18(16)26-20(24)6-5-7-21-25(4-2)17-13-15(23)9-11-19(17)27-21;/h5-13H,3-4H2,1-2H3;1H/q+1;/p-1. The number of allylic oxidation sites excluding steroid dienone is 2. The van der Waals surface area contributed by atoms with E-state index in [1.807, 2.05) is 24.3 Å². The highest BCUT2D eigenvalue weighted by molar-refractivity contribution is 8.03. The monoisotopic (exact) mass is 560 g/mol. The lowest BCUT2D eigenvalue weighted by Gasteiger charge is -2.17. The van der Waals surface area contributed by atoms with Gasteiger partial charge in [-0.3, -0.25) is 0 Å². The molecular weight excluding hydrogens is 542 g/mol. The second kappa shape index (κ2) is 9.39. The molecule has 2 heterocycles. The van der Waals surface area contributed by atoms with E-state index in [0.717, 1.165) is 23.1 Å². The fourth-order valence-corrected chi connectivity index (χ4v) is 5.83. The van der Waals surface area contributed by atoms with Crippen molar-refractivity contribution in [2.24, 2.45) is 0 Å². The van der Waals surface area contributed by atoms with Gasteiger partial charge in [0.25, 0.3) is 5.01 Å². The molecule has 0 amide bonds. The fraction of sp³-hybridized carbons (Fsp3) is 0.190. The van der Waals surface area contributed by atoms with Crippen molar-refractivity contribution in [2.45, 2.75) is 25.3 Å². The average Bonchev–Trinajstić information content (AvgIpc) is 3.18. The third-order valence-corrected chi connectivity index (χ3v) is 7.23. The van der Waals surface area contributed by atoms with Gasteiger partial charge in [-0.05, 0) is 50.3 Å². The van der Waals surface area contributed by atoms with Crippen molar-refractivity contribution >= 4 is 68.3 Å². The Morgan fingerprint density at radius 2 is 1.82 bits per heavy atom. The van der Waals surface area contributed by atoms with Crippen molar-refractivity contribution < 1.29 is 28.5 Å². The highest BCUT2D eigenvalue weighted by Crippen LogP contribution is 2.46. The summed E-state index contributed by atoms with van der Waals surface area (Å²) in [6.07, 6.45) is 6.50. The highest BCUT2D eigenvalue weighted by Gasteiger charge is 2.23. The second-order valence-corrected chi connectivity index (χ2v) is 9.12. The number of hydrogen-bond acceptors (Lipinski definition) is 3. The van der Waals surface area contributed by atoms with E-state index in [1.54, 1.807) is 23.1 Å². The molecule has 4 rings (SSSR count). The van der Waals surface area contributed by atoms with Gasteiger partial charge in [0.1, 0.15) is 11.2 Å².